The van der Waals surface area contributed by atoms with Gasteiger partial charge in [-0.15, -0.1) is 0 Å². The van der Waals surface area contributed by atoms with Crippen LogP contribution in [0, 0.1) is 0 Å². The summed E-state index contributed by atoms with van der Waals surface area (Å²) < 4.78 is 128. The van der Waals surface area contributed by atoms with Gasteiger partial charge in [-0.05, 0) is 0 Å². The first-order valence-corrected chi connectivity index (χ1v) is 20.2. The van der Waals surface area contributed by atoms with E-state index in [9.17, 15) is 56.1 Å². The highest BCUT2D eigenvalue weighted by Crippen LogP contribution is 2.82. The van der Waals surface area contributed by atoms with Gasteiger partial charge in [0.1, 0.15) is 0 Å². The summed E-state index contributed by atoms with van der Waals surface area (Å²) in [6.07, 6.45) is 0. The van der Waals surface area contributed by atoms with E-state index in [0.717, 1.165) is 0 Å². The molecule has 0 aromatic heterocycles. The van der Waals surface area contributed by atoms with Gasteiger partial charge in [-0.1, -0.05) is 0 Å². The molecular formula is C4H18O23P8. The minimum absolute atomic E-state index is 0.271. The van der Waals surface area contributed by atoms with E-state index in [-0.39, 0.29) is 13.3 Å². The van der Waals surface area contributed by atoms with Gasteiger partial charge in [0.05, 0.1) is 0 Å². The van der Waals surface area contributed by atoms with Gasteiger partial charge in [0, 0.05) is 27.5 Å². The molecule has 0 fully saturated rings. The molecule has 35 heavy (non-hydrogen) atoms. The molecule has 0 aliphatic rings. The minimum Gasteiger partial charge on any atom is -0.324 e. The smallest absolute Gasteiger partial charge is 0.324 e. The Bertz CT molecular complexity index is 1050. The maximum atomic E-state index is 12.7. The fourth-order valence-corrected chi connectivity index (χ4v) is 12.9. The molecule has 0 amide bonds. The van der Waals surface area contributed by atoms with Crippen molar-refractivity contribution in [2.24, 2.45) is 0 Å². The molecule has 8 atom stereocenters. The first kappa shape index (κ1) is 36.2. The Morgan fingerprint density at radius 1 is 0.400 bits per heavy atom. The second-order valence-electron chi connectivity index (χ2n) is 5.31. The third-order valence-corrected chi connectivity index (χ3v) is 15.1. The summed E-state index contributed by atoms with van der Waals surface area (Å²) in [5.74, 6) is 0. The van der Waals surface area contributed by atoms with Crippen molar-refractivity contribution in [3.63, 3.8) is 0 Å². The number of phosphoric ester groups is 2. The van der Waals surface area contributed by atoms with Crippen molar-refractivity contribution in [1.29, 1.82) is 0 Å². The number of rotatable bonds is 16. The van der Waals surface area contributed by atoms with Crippen molar-refractivity contribution in [1.82, 2.24) is 0 Å². The van der Waals surface area contributed by atoms with Gasteiger partial charge in [0.15, 0.2) is 0 Å². The van der Waals surface area contributed by atoms with E-state index < -0.39 is 62.1 Å². The van der Waals surface area contributed by atoms with Crippen LogP contribution in [0.3, 0.4) is 0 Å². The van der Waals surface area contributed by atoms with Crippen LogP contribution >= 0.6 is 62.1 Å². The lowest BCUT2D eigenvalue weighted by atomic mass is 11.8. The monoisotopic (exact) mass is 682 g/mol. The summed E-state index contributed by atoms with van der Waals surface area (Å²) in [5, 5.41) is 0. The maximum Gasteiger partial charge on any atom is 0.501 e. The molecule has 6 N–H and O–H groups in total. The average molecular weight is 682 g/mol. The predicted molar refractivity (Wildman–Crippen MR) is 108 cm³/mol. The zero-order valence-electron chi connectivity index (χ0n) is 17.2. The summed E-state index contributed by atoms with van der Waals surface area (Å²) >= 11 is 0. The molecule has 0 aromatic rings. The molecule has 23 nitrogen and oxygen atoms in total. The number of phosphoric acid groups is 6. The van der Waals surface area contributed by atoms with Gasteiger partial charge >= 0.3 is 62.1 Å². The molecule has 0 heterocycles. The van der Waals surface area contributed by atoms with Crippen molar-refractivity contribution in [2.45, 2.75) is 0 Å². The van der Waals surface area contributed by atoms with Crippen LogP contribution in [-0.4, -0.2) is 56.9 Å². The van der Waals surface area contributed by atoms with Crippen LogP contribution in [0.15, 0.2) is 0 Å². The van der Waals surface area contributed by atoms with Gasteiger partial charge in [0.2, 0.25) is 0 Å². The molecule has 0 spiro atoms. The summed E-state index contributed by atoms with van der Waals surface area (Å²) in [6.45, 7) is 0.542. The standard InChI is InChI=1S/C4H18O23P8/c1-19-30(9,10)23-34(17,25-32(13,14)21-28(3,5)6)27-35(18,24-31(11,12)20-2)26-33(15,16)22-29(4,7)8/h1-4H3,(H,5,6)(H,7,8)(H,9,10)(H,11,12)(H,13,14)(H,15,16). The van der Waals surface area contributed by atoms with Gasteiger partial charge in [0.25, 0.3) is 0 Å². The van der Waals surface area contributed by atoms with Crippen LogP contribution in [0.2, 0.25) is 0 Å². The number of hydrogen-bond acceptors (Lipinski definition) is 17. The lowest BCUT2D eigenvalue weighted by Gasteiger charge is -2.25. The van der Waals surface area contributed by atoms with Crippen LogP contribution in [0.5, 0.6) is 0 Å². The van der Waals surface area contributed by atoms with Crippen molar-refractivity contribution in [3.8, 4) is 0 Å². The topological polar surface area (TPSA) is 341 Å². The highest BCUT2D eigenvalue weighted by atomic mass is 31.3. The van der Waals surface area contributed by atoms with E-state index in [0.29, 0.717) is 14.2 Å². The van der Waals surface area contributed by atoms with E-state index in [1.807, 2.05) is 0 Å². The molecule has 0 rings (SSSR count). The van der Waals surface area contributed by atoms with E-state index in [2.05, 4.69) is 39.2 Å². The van der Waals surface area contributed by atoms with Crippen LogP contribution in [-0.2, 0) is 75.7 Å². The Morgan fingerprint density at radius 2 is 0.629 bits per heavy atom. The molecule has 0 bridgehead atoms. The second kappa shape index (κ2) is 12.2. The summed E-state index contributed by atoms with van der Waals surface area (Å²) in [6, 6.07) is 0. The van der Waals surface area contributed by atoms with Crippen LogP contribution in [0.25, 0.3) is 0 Å². The summed E-state index contributed by atoms with van der Waals surface area (Å²) in [5.41, 5.74) is 0. The Hall–Kier alpha value is 1.24. The van der Waals surface area contributed by atoms with E-state index in [1.165, 1.54) is 0 Å². The molecular weight excluding hydrogens is 664 g/mol. The van der Waals surface area contributed by atoms with Gasteiger partial charge < -0.3 is 29.4 Å². The molecule has 212 valence electrons. The normalized spacial score (nSPS) is 26.3. The molecule has 0 radical (unpaired) electrons. The quantitative estimate of drug-likeness (QED) is 0.127. The lowest BCUT2D eigenvalue weighted by molar-refractivity contribution is 0.168. The van der Waals surface area contributed by atoms with E-state index in [1.54, 1.807) is 0 Å². The third kappa shape index (κ3) is 16.1. The van der Waals surface area contributed by atoms with Crippen LogP contribution in [0.4, 0.5) is 0 Å². The Kier molecular flexibility index (Phi) is 12.6. The van der Waals surface area contributed by atoms with Crippen LogP contribution in [0.1, 0.15) is 0 Å². The molecule has 0 saturated carbocycles. The largest absolute Gasteiger partial charge is 0.501 e. The Morgan fingerprint density at radius 3 is 0.829 bits per heavy atom. The highest BCUT2D eigenvalue weighted by molar-refractivity contribution is 7.77. The lowest BCUT2D eigenvalue weighted by Crippen LogP contribution is -2.04. The molecule has 8 unspecified atom stereocenters. The molecule has 31 heteroatoms. The highest BCUT2D eigenvalue weighted by Gasteiger charge is 2.56. The van der Waals surface area contributed by atoms with Crippen molar-refractivity contribution in [2.75, 3.05) is 27.5 Å². The van der Waals surface area contributed by atoms with Gasteiger partial charge in [-0.25, -0.2) is 36.0 Å². The van der Waals surface area contributed by atoms with Crippen molar-refractivity contribution in [3.05, 3.63) is 0 Å². The van der Waals surface area contributed by atoms with E-state index in [4.69, 9.17) is 9.79 Å². The van der Waals surface area contributed by atoms with Crippen molar-refractivity contribution >= 4 is 62.1 Å². The summed E-state index contributed by atoms with van der Waals surface area (Å²) in [4.78, 5) is 55.5. The van der Waals surface area contributed by atoms with Gasteiger partial charge in [-0.3, -0.25) is 18.2 Å². The van der Waals surface area contributed by atoms with Crippen molar-refractivity contribution < 1.29 is 105 Å². The molecule has 0 saturated heterocycles. The predicted octanol–water partition coefficient (Wildman–Crippen LogP) is 2.64. The SMILES string of the molecule is COP(=O)(O)OP(=O)(OP(=O)(O)OP(C)(=O)O)OP(=O)(OP(=O)(O)OC)OP(=O)(O)OP(C)(=O)O. The summed E-state index contributed by atoms with van der Waals surface area (Å²) in [7, 11) is -46.5. The fourth-order valence-electron chi connectivity index (χ4n) is 1.20. The molecule has 0 aromatic carbocycles. The molecule has 0 aliphatic heterocycles. The maximum absolute atomic E-state index is 12.7. The third-order valence-electron chi connectivity index (χ3n) is 1.98. The van der Waals surface area contributed by atoms with Crippen LogP contribution < -0.4 is 0 Å². The van der Waals surface area contributed by atoms with Gasteiger partial charge in [-0.2, -0.15) is 21.6 Å². The average Bonchev–Trinajstić information content (AvgIpc) is 2.45. The Labute approximate surface area is 195 Å². The zero-order valence-corrected chi connectivity index (χ0v) is 24.4. The Balaban J connectivity index is 6.69. The molecule has 0 aliphatic carbocycles. The zero-order chi connectivity index (χ0) is 28.4. The minimum atomic E-state index is -6.65. The second-order valence-corrected chi connectivity index (χ2v) is 19.4. The fraction of sp³-hybridized carbons (Fsp3) is 1.00. The number of hydrogen-bond donors (Lipinski definition) is 6. The van der Waals surface area contributed by atoms with E-state index >= 15 is 0 Å². The first-order valence-electron chi connectivity index (χ1n) is 7.29. The first-order chi connectivity index (χ1) is 15.1.